The predicted octanol–water partition coefficient (Wildman–Crippen LogP) is 1.07. The fourth-order valence-corrected chi connectivity index (χ4v) is 2.86. The van der Waals surface area contributed by atoms with Gasteiger partial charge in [-0.2, -0.15) is 0 Å². The van der Waals surface area contributed by atoms with Gasteiger partial charge in [0.1, 0.15) is 0 Å². The van der Waals surface area contributed by atoms with Gasteiger partial charge in [-0.25, -0.2) is 0 Å². The lowest BCUT2D eigenvalue weighted by Gasteiger charge is -2.35. The smallest absolute Gasteiger partial charge is 0.0120 e. The van der Waals surface area contributed by atoms with E-state index in [1.54, 1.807) is 0 Å². The summed E-state index contributed by atoms with van der Waals surface area (Å²) in [5.74, 6) is 1.63. The molecule has 0 aromatic carbocycles. The van der Waals surface area contributed by atoms with Crippen LogP contribution in [0.1, 0.15) is 26.2 Å². The number of hydrogen-bond donors (Lipinski definition) is 1. The molecular formula is C10H20N2. The fourth-order valence-electron chi connectivity index (χ4n) is 2.86. The number of fused-ring (bicyclic) bond motifs is 2. The first kappa shape index (κ1) is 8.52. The van der Waals surface area contributed by atoms with E-state index in [2.05, 4.69) is 11.8 Å². The van der Waals surface area contributed by atoms with Crippen molar-refractivity contribution in [2.75, 3.05) is 19.6 Å². The summed E-state index contributed by atoms with van der Waals surface area (Å²) in [5, 5.41) is 0. The van der Waals surface area contributed by atoms with Crippen molar-refractivity contribution in [3.8, 4) is 0 Å². The second kappa shape index (κ2) is 3.35. The summed E-state index contributed by atoms with van der Waals surface area (Å²) >= 11 is 0. The molecule has 2 bridgehead atoms. The van der Waals surface area contributed by atoms with Crippen LogP contribution in [-0.4, -0.2) is 30.6 Å². The molecule has 12 heavy (non-hydrogen) atoms. The van der Waals surface area contributed by atoms with Gasteiger partial charge in [0.15, 0.2) is 0 Å². The molecule has 70 valence electrons. The highest BCUT2D eigenvalue weighted by Gasteiger charge is 2.39. The molecule has 1 aliphatic heterocycles. The number of nitrogens with zero attached hydrogens (tertiary/aromatic N) is 1. The largest absolute Gasteiger partial charge is 0.327 e. The van der Waals surface area contributed by atoms with E-state index in [-0.39, 0.29) is 0 Å². The molecule has 0 unspecified atom stereocenters. The van der Waals surface area contributed by atoms with Crippen LogP contribution >= 0.6 is 0 Å². The third-order valence-electron chi connectivity index (χ3n) is 3.52. The summed E-state index contributed by atoms with van der Waals surface area (Å²) in [6, 6.07) is 0.526. The predicted molar refractivity (Wildman–Crippen MR) is 50.9 cm³/mol. The lowest BCUT2D eigenvalue weighted by molar-refractivity contribution is 0.147. The number of rotatable bonds is 2. The average Bonchev–Trinajstić information content (AvgIpc) is 2.33. The summed E-state index contributed by atoms with van der Waals surface area (Å²) in [7, 11) is 0. The Morgan fingerprint density at radius 3 is 2.33 bits per heavy atom. The first-order valence-electron chi connectivity index (χ1n) is 5.29. The molecule has 2 N–H and O–H groups in total. The second-order valence-corrected chi connectivity index (χ2v) is 4.43. The van der Waals surface area contributed by atoms with E-state index in [0.29, 0.717) is 6.04 Å². The second-order valence-electron chi connectivity index (χ2n) is 4.43. The molecule has 2 fully saturated rings. The number of nitrogens with two attached hydrogens (primary N) is 1. The zero-order valence-electron chi connectivity index (χ0n) is 8.00. The number of piperidine rings is 1. The number of hydrogen-bond acceptors (Lipinski definition) is 2. The quantitative estimate of drug-likeness (QED) is 0.668. The minimum atomic E-state index is 0.526. The van der Waals surface area contributed by atoms with Crippen LogP contribution in [0.3, 0.4) is 0 Å². The minimum absolute atomic E-state index is 0.526. The van der Waals surface area contributed by atoms with E-state index in [4.69, 9.17) is 5.73 Å². The van der Waals surface area contributed by atoms with E-state index in [9.17, 15) is 0 Å². The molecule has 1 saturated carbocycles. The van der Waals surface area contributed by atoms with Crippen molar-refractivity contribution < 1.29 is 0 Å². The Morgan fingerprint density at radius 1 is 1.25 bits per heavy atom. The summed E-state index contributed by atoms with van der Waals surface area (Å²) < 4.78 is 0. The normalized spacial score (nSPS) is 42.0. The van der Waals surface area contributed by atoms with Crippen molar-refractivity contribution in [2.24, 2.45) is 17.6 Å². The molecule has 0 aromatic heterocycles. The van der Waals surface area contributed by atoms with Crippen LogP contribution in [0.4, 0.5) is 0 Å². The van der Waals surface area contributed by atoms with Crippen molar-refractivity contribution in [3.63, 3.8) is 0 Å². The lowest BCUT2D eigenvalue weighted by atomic mass is 9.93. The molecule has 0 amide bonds. The van der Waals surface area contributed by atoms with Crippen molar-refractivity contribution in [1.29, 1.82) is 0 Å². The third kappa shape index (κ3) is 1.38. The van der Waals surface area contributed by atoms with Crippen molar-refractivity contribution in [3.05, 3.63) is 0 Å². The molecular weight excluding hydrogens is 148 g/mol. The van der Waals surface area contributed by atoms with Crippen LogP contribution in [0.15, 0.2) is 0 Å². The van der Waals surface area contributed by atoms with Crippen molar-refractivity contribution in [1.82, 2.24) is 4.90 Å². The topological polar surface area (TPSA) is 29.3 Å². The molecule has 1 heterocycles. The maximum atomic E-state index is 6.12. The highest BCUT2D eigenvalue weighted by molar-refractivity contribution is 4.95. The van der Waals surface area contributed by atoms with Gasteiger partial charge >= 0.3 is 0 Å². The maximum absolute atomic E-state index is 6.12. The van der Waals surface area contributed by atoms with E-state index in [1.165, 1.54) is 38.9 Å². The Morgan fingerprint density at radius 2 is 1.83 bits per heavy atom. The highest BCUT2D eigenvalue weighted by Crippen LogP contribution is 2.35. The molecule has 2 rings (SSSR count). The van der Waals surface area contributed by atoms with E-state index >= 15 is 0 Å². The zero-order valence-corrected chi connectivity index (χ0v) is 8.00. The first-order valence-corrected chi connectivity index (χ1v) is 5.29. The van der Waals surface area contributed by atoms with E-state index < -0.39 is 0 Å². The van der Waals surface area contributed by atoms with Gasteiger partial charge in [0, 0.05) is 19.1 Å². The zero-order chi connectivity index (χ0) is 8.55. The monoisotopic (exact) mass is 168 g/mol. The summed E-state index contributed by atoms with van der Waals surface area (Å²) in [6.07, 6.45) is 4.05. The Balaban J connectivity index is 1.93. The van der Waals surface area contributed by atoms with Gasteiger partial charge in [0.05, 0.1) is 0 Å². The molecule has 0 radical (unpaired) electrons. The molecule has 2 aliphatic rings. The first-order chi connectivity index (χ1) is 5.81. The molecule has 0 aromatic rings. The van der Waals surface area contributed by atoms with Crippen LogP contribution in [0.5, 0.6) is 0 Å². The average molecular weight is 168 g/mol. The van der Waals surface area contributed by atoms with Crippen LogP contribution < -0.4 is 5.73 Å². The van der Waals surface area contributed by atoms with Gasteiger partial charge in [0.2, 0.25) is 0 Å². The molecule has 2 atom stereocenters. The Kier molecular flexibility index (Phi) is 2.37. The SMILES string of the molecule is CCCN1C[C@H]2CC[C@H](C1)C2N. The van der Waals surface area contributed by atoms with Crippen LogP contribution in [0, 0.1) is 11.8 Å². The van der Waals surface area contributed by atoms with Gasteiger partial charge in [-0.15, -0.1) is 0 Å². The Hall–Kier alpha value is -0.0800. The minimum Gasteiger partial charge on any atom is -0.327 e. The maximum Gasteiger partial charge on any atom is 0.0120 e. The Labute approximate surface area is 75.1 Å². The highest BCUT2D eigenvalue weighted by atomic mass is 15.1. The lowest BCUT2D eigenvalue weighted by Crippen LogP contribution is -2.48. The summed E-state index contributed by atoms with van der Waals surface area (Å²) in [5.41, 5.74) is 6.12. The van der Waals surface area contributed by atoms with Gasteiger partial charge in [-0.1, -0.05) is 6.92 Å². The van der Waals surface area contributed by atoms with Gasteiger partial charge in [-0.3, -0.25) is 0 Å². The van der Waals surface area contributed by atoms with Gasteiger partial charge in [-0.05, 0) is 37.6 Å². The van der Waals surface area contributed by atoms with Crippen molar-refractivity contribution in [2.45, 2.75) is 32.2 Å². The van der Waals surface area contributed by atoms with Gasteiger partial charge < -0.3 is 10.6 Å². The van der Waals surface area contributed by atoms with Crippen molar-refractivity contribution >= 4 is 0 Å². The third-order valence-corrected chi connectivity index (χ3v) is 3.52. The van der Waals surface area contributed by atoms with Crippen LogP contribution in [-0.2, 0) is 0 Å². The Bertz CT molecular complexity index is 144. The standard InChI is InChI=1S/C10H20N2/c1-2-5-12-6-8-3-4-9(7-12)10(8)11/h8-10H,2-7,11H2,1H3/t8-,9-/m1/s1. The number of likely N-dealkylation sites (tertiary alicyclic amines) is 1. The van der Waals surface area contributed by atoms with E-state index in [1.807, 2.05) is 0 Å². The molecule has 1 saturated heterocycles. The van der Waals surface area contributed by atoms with Crippen LogP contribution in [0.2, 0.25) is 0 Å². The fraction of sp³-hybridized carbons (Fsp3) is 1.00. The van der Waals surface area contributed by atoms with E-state index in [0.717, 1.165) is 11.8 Å². The molecule has 1 aliphatic carbocycles. The van der Waals surface area contributed by atoms with Gasteiger partial charge in [0.25, 0.3) is 0 Å². The summed E-state index contributed by atoms with van der Waals surface area (Å²) in [4.78, 5) is 2.60. The molecule has 2 nitrogen and oxygen atoms in total. The molecule has 0 spiro atoms. The summed E-state index contributed by atoms with van der Waals surface area (Å²) in [6.45, 7) is 6.08. The van der Waals surface area contributed by atoms with Crippen LogP contribution in [0.25, 0.3) is 0 Å². The molecule has 2 heteroatoms.